The highest BCUT2D eigenvalue weighted by Crippen LogP contribution is 2.31. The summed E-state index contributed by atoms with van der Waals surface area (Å²) in [6.45, 7) is 6.22. The first kappa shape index (κ1) is 14.0. The van der Waals surface area contributed by atoms with E-state index in [0.29, 0.717) is 17.6 Å². The van der Waals surface area contributed by atoms with E-state index in [1.54, 1.807) is 6.07 Å². The number of halogens is 1. The highest BCUT2D eigenvalue weighted by atomic mass is 79.9. The zero-order chi connectivity index (χ0) is 13.8. The van der Waals surface area contributed by atoms with Gasteiger partial charge < -0.3 is 4.74 Å². The highest BCUT2D eigenvalue weighted by Gasteiger charge is 2.11. The minimum absolute atomic E-state index is 0.461. The van der Waals surface area contributed by atoms with Crippen LogP contribution in [0.3, 0.4) is 0 Å². The molecule has 100 valence electrons. The molecule has 0 aliphatic heterocycles. The summed E-state index contributed by atoms with van der Waals surface area (Å²) < 4.78 is 6.65. The Labute approximate surface area is 122 Å². The van der Waals surface area contributed by atoms with E-state index in [0.717, 1.165) is 16.8 Å². The summed E-state index contributed by atoms with van der Waals surface area (Å²) in [5.74, 6) is 2.57. The largest absolute Gasteiger partial charge is 0.439 e. The SMILES string of the molecule is CCC(C)c1ccccc1Oc1cc(Br)nc(C)n1. The first-order valence-electron chi connectivity index (χ1n) is 6.38. The predicted molar refractivity (Wildman–Crippen MR) is 79.7 cm³/mol. The van der Waals surface area contributed by atoms with Crippen LogP contribution in [0, 0.1) is 6.92 Å². The van der Waals surface area contributed by atoms with Crippen molar-refractivity contribution in [2.45, 2.75) is 33.1 Å². The van der Waals surface area contributed by atoms with Crippen molar-refractivity contribution in [3.63, 3.8) is 0 Å². The molecular weight excluding hydrogens is 304 g/mol. The highest BCUT2D eigenvalue weighted by molar-refractivity contribution is 9.10. The Morgan fingerprint density at radius 3 is 2.68 bits per heavy atom. The zero-order valence-electron chi connectivity index (χ0n) is 11.4. The zero-order valence-corrected chi connectivity index (χ0v) is 12.9. The molecular formula is C15H17BrN2O. The van der Waals surface area contributed by atoms with Crippen LogP contribution in [0.2, 0.25) is 0 Å². The third kappa shape index (κ3) is 3.53. The molecule has 1 unspecified atom stereocenters. The van der Waals surface area contributed by atoms with Crippen molar-refractivity contribution in [1.82, 2.24) is 9.97 Å². The lowest BCUT2D eigenvalue weighted by atomic mass is 9.98. The summed E-state index contributed by atoms with van der Waals surface area (Å²) in [6, 6.07) is 9.87. The lowest BCUT2D eigenvalue weighted by Crippen LogP contribution is -1.98. The molecule has 2 rings (SSSR count). The van der Waals surface area contributed by atoms with E-state index in [1.807, 2.05) is 25.1 Å². The van der Waals surface area contributed by atoms with Crippen LogP contribution >= 0.6 is 15.9 Å². The quantitative estimate of drug-likeness (QED) is 0.755. The molecule has 19 heavy (non-hydrogen) atoms. The number of hydrogen-bond donors (Lipinski definition) is 0. The molecule has 1 aromatic carbocycles. The number of benzene rings is 1. The molecule has 0 bridgehead atoms. The molecule has 0 spiro atoms. The van der Waals surface area contributed by atoms with Gasteiger partial charge in [-0.15, -0.1) is 0 Å². The smallest absolute Gasteiger partial charge is 0.223 e. The van der Waals surface area contributed by atoms with Crippen LogP contribution in [-0.2, 0) is 0 Å². The first-order chi connectivity index (χ1) is 9.10. The van der Waals surface area contributed by atoms with Crippen molar-refractivity contribution in [3.8, 4) is 11.6 Å². The molecule has 0 fully saturated rings. The summed E-state index contributed by atoms with van der Waals surface area (Å²) in [5, 5.41) is 0. The maximum absolute atomic E-state index is 5.91. The summed E-state index contributed by atoms with van der Waals surface area (Å²) in [4.78, 5) is 8.47. The van der Waals surface area contributed by atoms with Crippen LogP contribution in [0.4, 0.5) is 0 Å². The molecule has 1 aromatic heterocycles. The van der Waals surface area contributed by atoms with Crippen molar-refractivity contribution >= 4 is 15.9 Å². The number of hydrogen-bond acceptors (Lipinski definition) is 3. The Hall–Kier alpha value is -1.42. The molecule has 0 radical (unpaired) electrons. The van der Waals surface area contributed by atoms with Gasteiger partial charge in [-0.3, -0.25) is 0 Å². The van der Waals surface area contributed by atoms with E-state index >= 15 is 0 Å². The van der Waals surface area contributed by atoms with Crippen LogP contribution in [0.5, 0.6) is 11.6 Å². The van der Waals surface area contributed by atoms with Gasteiger partial charge in [0.15, 0.2) is 0 Å². The second-order valence-corrected chi connectivity index (χ2v) is 5.34. The predicted octanol–water partition coefficient (Wildman–Crippen LogP) is 4.85. The number of aromatic nitrogens is 2. The standard InChI is InChI=1S/C15H17BrN2O/c1-4-10(2)12-7-5-6-8-13(12)19-15-9-14(16)17-11(3)18-15/h5-10H,4H2,1-3H3. The summed E-state index contributed by atoms with van der Waals surface area (Å²) in [7, 11) is 0. The summed E-state index contributed by atoms with van der Waals surface area (Å²) >= 11 is 3.36. The molecule has 1 heterocycles. The molecule has 4 heteroatoms. The Morgan fingerprint density at radius 1 is 1.26 bits per heavy atom. The Kier molecular flexibility index (Phi) is 4.53. The average molecular weight is 321 g/mol. The van der Waals surface area contributed by atoms with Gasteiger partial charge in [-0.25, -0.2) is 4.98 Å². The molecule has 2 aromatic rings. The van der Waals surface area contributed by atoms with Crippen molar-refractivity contribution in [2.24, 2.45) is 0 Å². The van der Waals surface area contributed by atoms with Crippen LogP contribution < -0.4 is 4.74 Å². The molecule has 0 amide bonds. The average Bonchev–Trinajstić information content (AvgIpc) is 2.37. The van der Waals surface area contributed by atoms with Crippen LogP contribution in [0.15, 0.2) is 34.9 Å². The number of para-hydroxylation sites is 1. The number of ether oxygens (including phenoxy) is 1. The lowest BCUT2D eigenvalue weighted by Gasteiger charge is -2.15. The van der Waals surface area contributed by atoms with Crippen molar-refractivity contribution in [1.29, 1.82) is 0 Å². The Balaban J connectivity index is 2.32. The second kappa shape index (κ2) is 6.15. The van der Waals surface area contributed by atoms with Crippen molar-refractivity contribution in [3.05, 3.63) is 46.3 Å². The minimum Gasteiger partial charge on any atom is -0.439 e. The second-order valence-electron chi connectivity index (χ2n) is 4.53. The van der Waals surface area contributed by atoms with Crippen molar-refractivity contribution < 1.29 is 4.74 Å². The van der Waals surface area contributed by atoms with E-state index < -0.39 is 0 Å². The fourth-order valence-electron chi connectivity index (χ4n) is 1.87. The van der Waals surface area contributed by atoms with E-state index in [1.165, 1.54) is 5.56 Å². The van der Waals surface area contributed by atoms with E-state index in [2.05, 4.69) is 45.8 Å². The molecule has 0 aliphatic rings. The van der Waals surface area contributed by atoms with Gasteiger partial charge in [-0.05, 0) is 46.8 Å². The van der Waals surface area contributed by atoms with E-state index in [-0.39, 0.29) is 0 Å². The Bertz CT molecular complexity index is 552. The fourth-order valence-corrected chi connectivity index (χ4v) is 2.32. The molecule has 0 saturated heterocycles. The minimum atomic E-state index is 0.461. The molecule has 3 nitrogen and oxygen atoms in total. The van der Waals surface area contributed by atoms with Crippen LogP contribution in [0.1, 0.15) is 37.6 Å². The number of nitrogens with zero attached hydrogens (tertiary/aromatic N) is 2. The third-order valence-electron chi connectivity index (χ3n) is 3.06. The maximum atomic E-state index is 5.91. The lowest BCUT2D eigenvalue weighted by molar-refractivity contribution is 0.448. The van der Waals surface area contributed by atoms with Gasteiger partial charge in [0.25, 0.3) is 0 Å². The maximum Gasteiger partial charge on any atom is 0.223 e. The Morgan fingerprint density at radius 2 is 2.00 bits per heavy atom. The third-order valence-corrected chi connectivity index (χ3v) is 3.47. The monoisotopic (exact) mass is 320 g/mol. The van der Waals surface area contributed by atoms with Gasteiger partial charge >= 0.3 is 0 Å². The molecule has 0 saturated carbocycles. The molecule has 0 N–H and O–H groups in total. The van der Waals surface area contributed by atoms with E-state index in [9.17, 15) is 0 Å². The van der Waals surface area contributed by atoms with Gasteiger partial charge in [-0.2, -0.15) is 4.98 Å². The van der Waals surface area contributed by atoms with Crippen LogP contribution in [0.25, 0.3) is 0 Å². The van der Waals surface area contributed by atoms with Gasteiger partial charge in [0.1, 0.15) is 16.2 Å². The number of rotatable bonds is 4. The van der Waals surface area contributed by atoms with Gasteiger partial charge in [0.05, 0.1) is 0 Å². The van der Waals surface area contributed by atoms with Crippen molar-refractivity contribution in [2.75, 3.05) is 0 Å². The number of aryl methyl sites for hydroxylation is 1. The fraction of sp³-hybridized carbons (Fsp3) is 0.333. The molecule has 1 atom stereocenters. The topological polar surface area (TPSA) is 35.0 Å². The summed E-state index contributed by atoms with van der Waals surface area (Å²) in [6.07, 6.45) is 1.08. The van der Waals surface area contributed by atoms with Crippen LogP contribution in [-0.4, -0.2) is 9.97 Å². The van der Waals surface area contributed by atoms with Gasteiger partial charge in [0, 0.05) is 6.07 Å². The summed E-state index contributed by atoms with van der Waals surface area (Å²) in [5.41, 5.74) is 1.21. The molecule has 0 aliphatic carbocycles. The van der Waals surface area contributed by atoms with Gasteiger partial charge in [0.2, 0.25) is 5.88 Å². The normalized spacial score (nSPS) is 12.2. The van der Waals surface area contributed by atoms with Gasteiger partial charge in [-0.1, -0.05) is 32.0 Å². The van der Waals surface area contributed by atoms with E-state index in [4.69, 9.17) is 4.74 Å². The first-order valence-corrected chi connectivity index (χ1v) is 7.17.